The Morgan fingerprint density at radius 1 is 0.971 bits per heavy atom. The maximum atomic E-state index is 11.6. The van der Waals surface area contributed by atoms with Gasteiger partial charge in [-0.25, -0.2) is 4.79 Å². The van der Waals surface area contributed by atoms with Gasteiger partial charge in [0.1, 0.15) is 30.3 Å². The van der Waals surface area contributed by atoms with Crippen molar-refractivity contribution in [2.24, 2.45) is 0 Å². The van der Waals surface area contributed by atoms with Gasteiger partial charge in [-0.05, 0) is 42.7 Å². The van der Waals surface area contributed by atoms with Gasteiger partial charge in [-0.15, -0.1) is 0 Å². The third-order valence-corrected chi connectivity index (χ3v) is 7.24. The summed E-state index contributed by atoms with van der Waals surface area (Å²) in [6.45, 7) is 5.73. The normalized spacial score (nSPS) is 18.1. The average Bonchev–Trinajstić information content (AvgIpc) is 3.26. The van der Waals surface area contributed by atoms with E-state index in [0.717, 1.165) is 44.8 Å². The quantitative estimate of drug-likeness (QED) is 0.514. The first-order valence-corrected chi connectivity index (χ1v) is 12.3. The molecule has 1 N–H and O–H groups in total. The molecule has 2 fully saturated rings. The summed E-state index contributed by atoms with van der Waals surface area (Å²) in [5.74, 6) is 1.51. The van der Waals surface area contributed by atoms with E-state index in [1.807, 2.05) is 18.2 Å². The molecule has 0 bridgehead atoms. The van der Waals surface area contributed by atoms with Crippen LogP contribution in [0.4, 0.5) is 4.79 Å². The third-order valence-electron chi connectivity index (χ3n) is 6.50. The van der Waals surface area contributed by atoms with Crippen LogP contribution < -0.4 is 14.8 Å². The number of piperidine rings is 1. The topological polar surface area (TPSA) is 63.3 Å². The molecule has 0 radical (unpaired) electrons. The molecule has 2 aromatic rings. The second-order valence-corrected chi connectivity index (χ2v) is 9.55. The first-order valence-electron chi connectivity index (χ1n) is 11.6. The van der Waals surface area contributed by atoms with E-state index in [1.54, 1.807) is 24.1 Å². The zero-order chi connectivity index (χ0) is 24.0. The Bertz CT molecular complexity index is 965. The van der Waals surface area contributed by atoms with E-state index in [-0.39, 0.29) is 11.6 Å². The molecule has 7 nitrogen and oxygen atoms in total. The molecule has 0 aromatic heterocycles. The fourth-order valence-electron chi connectivity index (χ4n) is 4.26. The Morgan fingerprint density at radius 3 is 2.35 bits per heavy atom. The zero-order valence-electron chi connectivity index (χ0n) is 19.4. The summed E-state index contributed by atoms with van der Waals surface area (Å²) in [7, 11) is 1.75. The van der Waals surface area contributed by atoms with Crippen molar-refractivity contribution in [3.63, 3.8) is 0 Å². The predicted octanol–water partition coefficient (Wildman–Crippen LogP) is 4.46. The fraction of sp³-hybridized carbons (Fsp3) is 0.480. The Kier molecular flexibility index (Phi) is 8.42. The minimum atomic E-state index is -0.313. The highest BCUT2D eigenvalue weighted by Gasteiger charge is 2.35. The molecule has 0 saturated carbocycles. The number of carbonyl (C=O) groups excluding carboxylic acids is 1. The average molecular weight is 508 g/mol. The van der Waals surface area contributed by atoms with Gasteiger partial charge in [0.15, 0.2) is 0 Å². The van der Waals surface area contributed by atoms with Crippen molar-refractivity contribution in [1.82, 2.24) is 15.1 Å². The minimum absolute atomic E-state index is 0.0149. The molecule has 4 rings (SSSR count). The Labute approximate surface area is 210 Å². The van der Waals surface area contributed by atoms with Crippen molar-refractivity contribution in [3.05, 3.63) is 58.1 Å². The van der Waals surface area contributed by atoms with Gasteiger partial charge < -0.3 is 24.4 Å². The monoisotopic (exact) mass is 507 g/mol. The summed E-state index contributed by atoms with van der Waals surface area (Å²) in [6, 6.07) is 13.5. The number of hydrogen-bond donors (Lipinski definition) is 1. The highest BCUT2D eigenvalue weighted by Crippen LogP contribution is 2.30. The van der Waals surface area contributed by atoms with Crippen LogP contribution in [0.3, 0.4) is 0 Å². The molecule has 2 amide bonds. The van der Waals surface area contributed by atoms with E-state index in [2.05, 4.69) is 22.3 Å². The van der Waals surface area contributed by atoms with Crippen molar-refractivity contribution < 1.29 is 19.0 Å². The van der Waals surface area contributed by atoms with E-state index in [4.69, 9.17) is 37.4 Å². The first kappa shape index (κ1) is 24.9. The summed E-state index contributed by atoms with van der Waals surface area (Å²) < 4.78 is 17.7. The summed E-state index contributed by atoms with van der Waals surface area (Å²) in [4.78, 5) is 15.8. The van der Waals surface area contributed by atoms with Gasteiger partial charge >= 0.3 is 6.03 Å². The minimum Gasteiger partial charge on any atom is -0.492 e. The van der Waals surface area contributed by atoms with Gasteiger partial charge in [0, 0.05) is 45.9 Å². The molecule has 2 aliphatic rings. The van der Waals surface area contributed by atoms with Gasteiger partial charge in [0.05, 0.1) is 16.6 Å². The number of halogens is 2. The fourth-order valence-corrected chi connectivity index (χ4v) is 4.54. The number of methoxy groups -OCH3 is 1. The number of carbonyl (C=O) groups is 1. The molecular weight excluding hydrogens is 477 g/mol. The first-order chi connectivity index (χ1) is 16.5. The van der Waals surface area contributed by atoms with Gasteiger partial charge in [-0.1, -0.05) is 35.3 Å². The van der Waals surface area contributed by atoms with E-state index in [9.17, 15) is 4.79 Å². The number of nitrogens with one attached hydrogen (secondary N) is 1. The highest BCUT2D eigenvalue weighted by molar-refractivity contribution is 6.42. The molecule has 184 valence electrons. The molecule has 34 heavy (non-hydrogen) atoms. The lowest BCUT2D eigenvalue weighted by atomic mass is 9.91. The second-order valence-electron chi connectivity index (χ2n) is 8.74. The van der Waals surface area contributed by atoms with Crippen LogP contribution in [0.1, 0.15) is 18.4 Å². The van der Waals surface area contributed by atoms with E-state index >= 15 is 0 Å². The molecule has 0 unspecified atom stereocenters. The van der Waals surface area contributed by atoms with Gasteiger partial charge in [0.25, 0.3) is 0 Å². The van der Waals surface area contributed by atoms with Crippen molar-refractivity contribution in [1.29, 1.82) is 0 Å². The van der Waals surface area contributed by atoms with E-state index < -0.39 is 0 Å². The Balaban J connectivity index is 1.21. The van der Waals surface area contributed by atoms with Gasteiger partial charge in [-0.3, -0.25) is 4.90 Å². The molecule has 9 heteroatoms. The lowest BCUT2D eigenvalue weighted by Crippen LogP contribution is -2.48. The number of amides is 2. The molecule has 0 aliphatic carbocycles. The van der Waals surface area contributed by atoms with E-state index in [1.165, 1.54) is 5.56 Å². The van der Waals surface area contributed by atoms with Crippen LogP contribution in [0.2, 0.25) is 10.0 Å². The van der Waals surface area contributed by atoms with Crippen molar-refractivity contribution in [3.8, 4) is 11.5 Å². The van der Waals surface area contributed by atoms with E-state index in [0.29, 0.717) is 42.1 Å². The second kappa shape index (κ2) is 11.5. The number of benzene rings is 2. The zero-order valence-corrected chi connectivity index (χ0v) is 20.9. The highest BCUT2D eigenvalue weighted by atomic mass is 35.5. The number of urea groups is 1. The van der Waals surface area contributed by atoms with Crippen LogP contribution in [-0.2, 0) is 11.3 Å². The van der Waals surface area contributed by atoms with Gasteiger partial charge in [0.2, 0.25) is 0 Å². The SMILES string of the molecule is COC1(COc2ccc(Cl)c(Cl)c2)CCN(Cc2ccc(OCCN3CCNC3=O)cc2)CC1. The summed E-state index contributed by atoms with van der Waals surface area (Å²) in [5.41, 5.74) is 0.926. The van der Waals surface area contributed by atoms with Crippen molar-refractivity contribution in [2.45, 2.75) is 25.0 Å². The largest absolute Gasteiger partial charge is 0.492 e. The van der Waals surface area contributed by atoms with Crippen molar-refractivity contribution >= 4 is 29.2 Å². The third kappa shape index (κ3) is 6.48. The molecular formula is C25H31Cl2N3O4. The van der Waals surface area contributed by atoms with Crippen LogP contribution >= 0.6 is 23.2 Å². The lowest BCUT2D eigenvalue weighted by Gasteiger charge is -2.40. The molecule has 2 aromatic carbocycles. The maximum absolute atomic E-state index is 11.6. The number of likely N-dealkylation sites (tertiary alicyclic amines) is 1. The Hall–Kier alpha value is -2.19. The van der Waals surface area contributed by atoms with Crippen molar-refractivity contribution in [2.75, 3.05) is 53.0 Å². The summed E-state index contributed by atoms with van der Waals surface area (Å²) >= 11 is 12.1. The predicted molar refractivity (Wildman–Crippen MR) is 133 cm³/mol. The molecule has 0 spiro atoms. The maximum Gasteiger partial charge on any atom is 0.317 e. The van der Waals surface area contributed by atoms with Crippen LogP contribution in [0, 0.1) is 0 Å². The molecule has 2 saturated heterocycles. The smallest absolute Gasteiger partial charge is 0.317 e. The lowest BCUT2D eigenvalue weighted by molar-refractivity contribution is -0.0839. The number of nitrogens with zero attached hydrogens (tertiary/aromatic N) is 2. The van der Waals surface area contributed by atoms with Gasteiger partial charge in [-0.2, -0.15) is 0 Å². The van der Waals surface area contributed by atoms with Crippen LogP contribution in [0.15, 0.2) is 42.5 Å². The Morgan fingerprint density at radius 2 is 1.71 bits per heavy atom. The summed E-state index contributed by atoms with van der Waals surface area (Å²) in [6.07, 6.45) is 1.77. The number of hydrogen-bond acceptors (Lipinski definition) is 5. The van der Waals surface area contributed by atoms with Crippen LogP contribution in [-0.4, -0.2) is 74.5 Å². The summed E-state index contributed by atoms with van der Waals surface area (Å²) in [5, 5.41) is 3.79. The molecule has 2 heterocycles. The van der Waals surface area contributed by atoms with Crippen LogP contribution in [0.5, 0.6) is 11.5 Å². The van der Waals surface area contributed by atoms with Crippen LogP contribution in [0.25, 0.3) is 0 Å². The standard InChI is InChI=1S/C25H31Cl2N3O4/c1-32-25(18-34-21-6-7-22(26)23(27)16-21)8-11-29(12-9-25)17-19-2-4-20(5-3-19)33-15-14-30-13-10-28-24(30)31/h2-7,16H,8-15,17-18H2,1H3,(H,28,31). The molecule has 2 aliphatic heterocycles. The molecule has 0 atom stereocenters. The number of ether oxygens (including phenoxy) is 3. The number of rotatable bonds is 10.